The largest absolute Gasteiger partial charge is 0.490 e. The zero-order chi connectivity index (χ0) is 26.6. The summed E-state index contributed by atoms with van der Waals surface area (Å²) < 4.78 is 18.0. The second-order valence-electron chi connectivity index (χ2n) is 8.38. The van der Waals surface area contributed by atoms with E-state index in [4.69, 9.17) is 14.2 Å². The van der Waals surface area contributed by atoms with E-state index in [1.165, 1.54) is 12.1 Å². The van der Waals surface area contributed by atoms with Crippen molar-refractivity contribution in [2.24, 2.45) is 4.99 Å². The first-order valence-electron chi connectivity index (χ1n) is 11.8. The molecule has 0 spiro atoms. The number of nitrogens with zero attached hydrogens (tertiary/aromatic N) is 2. The maximum Gasteiger partial charge on any atom is 0.363 e. The van der Waals surface area contributed by atoms with Gasteiger partial charge in [0.05, 0.1) is 15.1 Å². The van der Waals surface area contributed by atoms with Crippen LogP contribution in [0.15, 0.2) is 89.6 Å². The summed E-state index contributed by atoms with van der Waals surface area (Å²) >= 11 is 2.13. The number of hydrogen-bond acceptors (Lipinski definition) is 7. The molecule has 0 atom stereocenters. The highest BCUT2D eigenvalue weighted by molar-refractivity contribution is 14.1. The van der Waals surface area contributed by atoms with Crippen LogP contribution in [0, 0.1) is 13.7 Å². The SMILES string of the molecule is CCOc1cc(/C=C2\N=C(c3ccc4ccccc4c3)OC2=O)cc(I)c1OCc1cccc([N+](=O)[O-])c1. The number of carbonyl (C=O) groups excluding carboxylic acids is 1. The number of cyclic esters (lactones) is 1. The smallest absolute Gasteiger partial charge is 0.363 e. The lowest BCUT2D eigenvalue weighted by molar-refractivity contribution is -0.384. The Balaban J connectivity index is 1.41. The van der Waals surface area contributed by atoms with E-state index < -0.39 is 10.9 Å². The summed E-state index contributed by atoms with van der Waals surface area (Å²) in [4.78, 5) is 27.7. The molecule has 9 heteroatoms. The molecule has 0 amide bonds. The van der Waals surface area contributed by atoms with Gasteiger partial charge in [-0.05, 0) is 81.8 Å². The van der Waals surface area contributed by atoms with Crippen LogP contribution >= 0.6 is 22.6 Å². The normalized spacial score (nSPS) is 13.9. The standard InChI is InChI=1S/C29H21IN2O6/c1-2-36-26-15-19(13-24(30)27(26)37-17-18-6-5-9-23(12-18)32(34)35)14-25-29(33)38-28(31-25)22-11-10-20-7-3-4-8-21(20)16-22/h3-16H,2,17H2,1H3/b25-14-. The predicted molar refractivity (Wildman–Crippen MR) is 152 cm³/mol. The number of esters is 1. The molecular formula is C29H21IN2O6. The summed E-state index contributed by atoms with van der Waals surface area (Å²) in [6, 6.07) is 23.6. The Morgan fingerprint density at radius 3 is 2.61 bits per heavy atom. The first kappa shape index (κ1) is 25.4. The number of non-ortho nitro benzene ring substituents is 1. The van der Waals surface area contributed by atoms with Gasteiger partial charge in [-0.25, -0.2) is 9.79 Å². The van der Waals surface area contributed by atoms with Gasteiger partial charge in [0.15, 0.2) is 17.2 Å². The van der Waals surface area contributed by atoms with E-state index >= 15 is 0 Å². The second kappa shape index (κ2) is 11.0. The zero-order valence-electron chi connectivity index (χ0n) is 20.2. The molecule has 38 heavy (non-hydrogen) atoms. The molecule has 1 heterocycles. The maximum atomic E-state index is 12.6. The van der Waals surface area contributed by atoms with Crippen LogP contribution in [0.5, 0.6) is 11.5 Å². The number of fused-ring (bicyclic) bond motifs is 1. The quantitative estimate of drug-likeness (QED) is 0.0717. The molecule has 4 aromatic rings. The molecule has 0 bridgehead atoms. The van der Waals surface area contributed by atoms with Gasteiger partial charge in [-0.3, -0.25) is 10.1 Å². The first-order valence-corrected chi connectivity index (χ1v) is 12.8. The Kier molecular flexibility index (Phi) is 7.36. The summed E-state index contributed by atoms with van der Waals surface area (Å²) in [5, 5.41) is 13.2. The van der Waals surface area contributed by atoms with Crippen molar-refractivity contribution in [3.05, 3.63) is 115 Å². The van der Waals surface area contributed by atoms with Crippen LogP contribution < -0.4 is 9.47 Å². The number of benzene rings is 4. The van der Waals surface area contributed by atoms with E-state index in [9.17, 15) is 14.9 Å². The molecule has 0 aliphatic carbocycles. The Morgan fingerprint density at radius 1 is 1.00 bits per heavy atom. The topological polar surface area (TPSA) is 100 Å². The third-order valence-electron chi connectivity index (χ3n) is 5.76. The molecule has 5 rings (SSSR count). The van der Waals surface area contributed by atoms with Crippen LogP contribution in [0.25, 0.3) is 16.8 Å². The summed E-state index contributed by atoms with van der Waals surface area (Å²) in [5.41, 5.74) is 2.25. The van der Waals surface area contributed by atoms with Gasteiger partial charge in [-0.15, -0.1) is 0 Å². The van der Waals surface area contributed by atoms with E-state index in [2.05, 4.69) is 27.6 Å². The third-order valence-corrected chi connectivity index (χ3v) is 6.56. The van der Waals surface area contributed by atoms with Gasteiger partial charge in [0.25, 0.3) is 5.69 Å². The van der Waals surface area contributed by atoms with Gasteiger partial charge in [0, 0.05) is 17.7 Å². The molecule has 0 fully saturated rings. The molecule has 0 N–H and O–H groups in total. The van der Waals surface area contributed by atoms with Crippen LogP contribution in [0.4, 0.5) is 5.69 Å². The van der Waals surface area contributed by atoms with Gasteiger partial charge in [-0.2, -0.15) is 0 Å². The molecule has 8 nitrogen and oxygen atoms in total. The molecule has 0 aromatic heterocycles. The van der Waals surface area contributed by atoms with Gasteiger partial charge < -0.3 is 14.2 Å². The van der Waals surface area contributed by atoms with Gasteiger partial charge >= 0.3 is 5.97 Å². The highest BCUT2D eigenvalue weighted by Gasteiger charge is 2.25. The van der Waals surface area contributed by atoms with Crippen LogP contribution in [-0.2, 0) is 16.1 Å². The highest BCUT2D eigenvalue weighted by Crippen LogP contribution is 2.36. The van der Waals surface area contributed by atoms with Crippen LogP contribution in [0.3, 0.4) is 0 Å². The summed E-state index contributed by atoms with van der Waals surface area (Å²) in [5.74, 6) is 0.716. The van der Waals surface area contributed by atoms with Crippen LogP contribution in [0.1, 0.15) is 23.6 Å². The number of aliphatic imine (C=N–C) groups is 1. The molecule has 1 aliphatic rings. The van der Waals surface area contributed by atoms with Crippen LogP contribution in [-0.4, -0.2) is 23.4 Å². The van der Waals surface area contributed by atoms with E-state index in [0.29, 0.717) is 29.2 Å². The van der Waals surface area contributed by atoms with Gasteiger partial charge in [-0.1, -0.05) is 42.5 Å². The van der Waals surface area contributed by atoms with Crippen LogP contribution in [0.2, 0.25) is 0 Å². The minimum absolute atomic E-state index is 0.000125. The third kappa shape index (κ3) is 5.52. The zero-order valence-corrected chi connectivity index (χ0v) is 22.4. The molecule has 0 saturated carbocycles. The molecule has 1 aliphatic heterocycles. The van der Waals surface area contributed by atoms with Crippen molar-refractivity contribution in [1.82, 2.24) is 0 Å². The Bertz CT molecular complexity index is 1630. The van der Waals surface area contributed by atoms with Crippen molar-refractivity contribution in [3.8, 4) is 11.5 Å². The number of carbonyl (C=O) groups is 1. The number of halogens is 1. The monoisotopic (exact) mass is 620 g/mol. The van der Waals surface area contributed by atoms with Gasteiger partial charge in [0.2, 0.25) is 5.90 Å². The molecular weight excluding hydrogens is 599 g/mol. The predicted octanol–water partition coefficient (Wildman–Crippen LogP) is 6.67. The number of ether oxygens (including phenoxy) is 3. The summed E-state index contributed by atoms with van der Waals surface area (Å²) in [6.07, 6.45) is 1.64. The van der Waals surface area contributed by atoms with E-state index in [1.807, 2.05) is 55.5 Å². The van der Waals surface area contributed by atoms with E-state index in [0.717, 1.165) is 19.9 Å². The first-order chi connectivity index (χ1) is 18.4. The van der Waals surface area contributed by atoms with Crippen molar-refractivity contribution in [2.75, 3.05) is 6.61 Å². The number of rotatable bonds is 8. The van der Waals surface area contributed by atoms with E-state index in [-0.39, 0.29) is 23.9 Å². The average Bonchev–Trinajstić information content (AvgIpc) is 3.28. The number of nitro groups is 1. The Hall–Kier alpha value is -4.25. The second-order valence-corrected chi connectivity index (χ2v) is 9.54. The van der Waals surface area contributed by atoms with Crippen molar-refractivity contribution in [3.63, 3.8) is 0 Å². The van der Waals surface area contributed by atoms with E-state index in [1.54, 1.807) is 24.3 Å². The lowest BCUT2D eigenvalue weighted by atomic mass is 10.1. The lowest BCUT2D eigenvalue weighted by Crippen LogP contribution is -2.05. The number of nitro benzene ring substituents is 1. The van der Waals surface area contributed by atoms with Crippen molar-refractivity contribution in [2.45, 2.75) is 13.5 Å². The highest BCUT2D eigenvalue weighted by atomic mass is 127. The Labute approximate surface area is 231 Å². The fraction of sp³-hybridized carbons (Fsp3) is 0.103. The lowest BCUT2D eigenvalue weighted by Gasteiger charge is -2.15. The molecule has 0 saturated heterocycles. The Morgan fingerprint density at radius 2 is 1.82 bits per heavy atom. The average molecular weight is 620 g/mol. The number of hydrogen-bond donors (Lipinski definition) is 0. The fourth-order valence-electron chi connectivity index (χ4n) is 4.00. The minimum Gasteiger partial charge on any atom is -0.490 e. The van der Waals surface area contributed by atoms with Crippen molar-refractivity contribution < 1.29 is 23.9 Å². The maximum absolute atomic E-state index is 12.6. The van der Waals surface area contributed by atoms with Crippen molar-refractivity contribution in [1.29, 1.82) is 0 Å². The summed E-state index contributed by atoms with van der Waals surface area (Å²) in [7, 11) is 0. The summed E-state index contributed by atoms with van der Waals surface area (Å²) in [6.45, 7) is 2.39. The van der Waals surface area contributed by atoms with Crippen molar-refractivity contribution >= 4 is 57.0 Å². The molecule has 0 radical (unpaired) electrons. The fourth-order valence-corrected chi connectivity index (χ4v) is 4.78. The minimum atomic E-state index is -0.535. The molecule has 190 valence electrons. The van der Waals surface area contributed by atoms with Gasteiger partial charge in [0.1, 0.15) is 6.61 Å². The molecule has 4 aromatic carbocycles. The molecule has 0 unspecified atom stereocenters.